The normalized spacial score (nSPS) is 10.7. The van der Waals surface area contributed by atoms with Crippen LogP contribution < -0.4 is 5.32 Å². The highest BCUT2D eigenvalue weighted by Crippen LogP contribution is 2.30. The standard InChI is InChI=1S/C18H11ClN6O3S/c19-13-4-2-1-3-12(13)14-8-29-18(22-14)23-17(26)11-5-6-15(16(7-11)25(27)28)24-10-20-9-21-24/h1-10H,(H,22,23,26). The Bertz CT molecular complexity index is 1210. The van der Waals surface area contributed by atoms with Crippen LogP contribution in [0, 0.1) is 10.1 Å². The van der Waals surface area contributed by atoms with Gasteiger partial charge in [-0.1, -0.05) is 29.8 Å². The number of halogens is 1. The average Bonchev–Trinajstić information content (AvgIpc) is 3.40. The number of nitrogens with zero attached hydrogens (tertiary/aromatic N) is 5. The number of thiazole rings is 1. The van der Waals surface area contributed by atoms with Gasteiger partial charge in [0.25, 0.3) is 11.6 Å². The Hall–Kier alpha value is -3.63. The Morgan fingerprint density at radius 3 is 2.79 bits per heavy atom. The van der Waals surface area contributed by atoms with E-state index in [0.29, 0.717) is 15.8 Å². The molecule has 0 saturated heterocycles. The minimum absolute atomic E-state index is 0.120. The Kier molecular flexibility index (Phi) is 5.02. The van der Waals surface area contributed by atoms with Crippen LogP contribution in [0.4, 0.5) is 10.8 Å². The number of rotatable bonds is 5. The summed E-state index contributed by atoms with van der Waals surface area (Å²) < 4.78 is 1.26. The van der Waals surface area contributed by atoms with E-state index >= 15 is 0 Å². The molecule has 0 radical (unpaired) electrons. The van der Waals surface area contributed by atoms with Gasteiger partial charge in [-0.25, -0.2) is 14.6 Å². The van der Waals surface area contributed by atoms with Gasteiger partial charge in [0.1, 0.15) is 18.3 Å². The van der Waals surface area contributed by atoms with Crippen LogP contribution in [0.2, 0.25) is 5.02 Å². The second-order valence-electron chi connectivity index (χ2n) is 5.77. The molecule has 29 heavy (non-hydrogen) atoms. The largest absolute Gasteiger partial charge is 0.298 e. The van der Waals surface area contributed by atoms with Gasteiger partial charge in [-0.3, -0.25) is 20.2 Å². The molecule has 144 valence electrons. The summed E-state index contributed by atoms with van der Waals surface area (Å²) in [4.78, 5) is 31.6. The predicted molar refractivity (Wildman–Crippen MR) is 109 cm³/mol. The molecule has 11 heteroatoms. The minimum Gasteiger partial charge on any atom is -0.298 e. The molecular formula is C18H11ClN6O3S. The van der Waals surface area contributed by atoms with Crippen molar-refractivity contribution in [2.45, 2.75) is 0 Å². The Balaban J connectivity index is 1.59. The quantitative estimate of drug-likeness (QED) is 0.377. The smallest absolute Gasteiger partial charge is 0.295 e. The number of benzene rings is 2. The number of hydrogen-bond donors (Lipinski definition) is 1. The van der Waals surface area contributed by atoms with Gasteiger partial charge in [0.15, 0.2) is 5.13 Å². The van der Waals surface area contributed by atoms with Crippen molar-refractivity contribution in [3.05, 3.63) is 81.2 Å². The van der Waals surface area contributed by atoms with Crippen molar-refractivity contribution in [1.29, 1.82) is 0 Å². The lowest BCUT2D eigenvalue weighted by Crippen LogP contribution is -2.13. The SMILES string of the molecule is O=C(Nc1nc(-c2ccccc2Cl)cs1)c1ccc(-n2cncn2)c([N+](=O)[O-])c1. The summed E-state index contributed by atoms with van der Waals surface area (Å²) in [6, 6.07) is 11.3. The fourth-order valence-corrected chi connectivity index (χ4v) is 3.57. The molecule has 0 aliphatic rings. The fourth-order valence-electron chi connectivity index (χ4n) is 2.63. The van der Waals surface area contributed by atoms with E-state index in [1.54, 1.807) is 11.4 Å². The number of nitrogens with one attached hydrogen (secondary N) is 1. The van der Waals surface area contributed by atoms with Crippen LogP contribution in [-0.4, -0.2) is 30.6 Å². The first kappa shape index (κ1) is 18.7. The van der Waals surface area contributed by atoms with E-state index < -0.39 is 10.8 Å². The van der Waals surface area contributed by atoms with Crippen LogP contribution in [0.25, 0.3) is 16.9 Å². The van der Waals surface area contributed by atoms with E-state index in [4.69, 9.17) is 11.6 Å². The molecule has 4 aromatic rings. The second kappa shape index (κ2) is 7.78. The summed E-state index contributed by atoms with van der Waals surface area (Å²) in [7, 11) is 0. The molecular weight excluding hydrogens is 416 g/mol. The van der Waals surface area contributed by atoms with Crippen LogP contribution >= 0.6 is 22.9 Å². The maximum Gasteiger partial charge on any atom is 0.295 e. The zero-order valence-corrected chi connectivity index (χ0v) is 16.1. The Labute approximate surface area is 172 Å². The first-order valence-electron chi connectivity index (χ1n) is 8.18. The highest BCUT2D eigenvalue weighted by molar-refractivity contribution is 7.14. The first-order chi connectivity index (χ1) is 14.0. The van der Waals surface area contributed by atoms with E-state index in [-0.39, 0.29) is 16.9 Å². The molecule has 0 atom stereocenters. The predicted octanol–water partition coefficient (Wildman–Crippen LogP) is 4.20. The van der Waals surface area contributed by atoms with Crippen molar-refractivity contribution in [3.8, 4) is 16.9 Å². The third-order valence-corrected chi connectivity index (χ3v) is 5.06. The van der Waals surface area contributed by atoms with Crippen molar-refractivity contribution >= 4 is 39.7 Å². The van der Waals surface area contributed by atoms with Crippen LogP contribution in [0.3, 0.4) is 0 Å². The maximum atomic E-state index is 12.6. The van der Waals surface area contributed by atoms with Gasteiger partial charge in [0.2, 0.25) is 0 Å². The van der Waals surface area contributed by atoms with Gasteiger partial charge >= 0.3 is 0 Å². The Morgan fingerprint density at radius 2 is 2.07 bits per heavy atom. The van der Waals surface area contributed by atoms with Gasteiger partial charge in [-0.2, -0.15) is 5.10 Å². The van der Waals surface area contributed by atoms with Crippen molar-refractivity contribution in [3.63, 3.8) is 0 Å². The number of nitro benzene ring substituents is 1. The molecule has 0 saturated carbocycles. The van der Waals surface area contributed by atoms with Gasteiger partial charge in [-0.15, -0.1) is 11.3 Å². The molecule has 4 rings (SSSR count). The third-order valence-electron chi connectivity index (χ3n) is 3.97. The Morgan fingerprint density at radius 1 is 1.24 bits per heavy atom. The fraction of sp³-hybridized carbons (Fsp3) is 0. The van der Waals surface area contributed by atoms with E-state index in [2.05, 4.69) is 20.4 Å². The average molecular weight is 427 g/mol. The number of anilines is 1. The number of carbonyl (C=O) groups is 1. The van der Waals surface area contributed by atoms with E-state index in [0.717, 1.165) is 5.56 Å². The molecule has 0 fully saturated rings. The van der Waals surface area contributed by atoms with E-state index in [1.807, 2.05) is 18.2 Å². The van der Waals surface area contributed by atoms with Crippen LogP contribution in [0.5, 0.6) is 0 Å². The summed E-state index contributed by atoms with van der Waals surface area (Å²) in [6.07, 6.45) is 2.61. The van der Waals surface area contributed by atoms with Gasteiger partial charge in [0.05, 0.1) is 10.6 Å². The molecule has 0 aliphatic carbocycles. The summed E-state index contributed by atoms with van der Waals surface area (Å²) in [6.45, 7) is 0. The number of aromatic nitrogens is 4. The number of amides is 1. The zero-order chi connectivity index (χ0) is 20.4. The van der Waals surface area contributed by atoms with Gasteiger partial charge < -0.3 is 0 Å². The van der Waals surface area contributed by atoms with E-state index in [1.165, 1.54) is 46.9 Å². The van der Waals surface area contributed by atoms with Crippen LogP contribution in [0.15, 0.2) is 60.5 Å². The monoisotopic (exact) mass is 426 g/mol. The topological polar surface area (TPSA) is 116 Å². The molecule has 0 aliphatic heterocycles. The van der Waals surface area contributed by atoms with E-state index in [9.17, 15) is 14.9 Å². The first-order valence-corrected chi connectivity index (χ1v) is 9.44. The zero-order valence-electron chi connectivity index (χ0n) is 14.5. The molecule has 9 nitrogen and oxygen atoms in total. The van der Waals surface area contributed by atoms with Gasteiger partial charge in [0, 0.05) is 27.6 Å². The van der Waals surface area contributed by atoms with Crippen LogP contribution in [0.1, 0.15) is 10.4 Å². The lowest BCUT2D eigenvalue weighted by atomic mass is 10.1. The molecule has 1 N–H and O–H groups in total. The molecule has 0 unspecified atom stereocenters. The minimum atomic E-state index is -0.577. The molecule has 2 heterocycles. The maximum absolute atomic E-state index is 12.6. The number of carbonyl (C=O) groups excluding carboxylic acids is 1. The van der Waals surface area contributed by atoms with Crippen molar-refractivity contribution in [1.82, 2.24) is 19.7 Å². The molecule has 2 aromatic carbocycles. The molecule has 0 bridgehead atoms. The summed E-state index contributed by atoms with van der Waals surface area (Å²) >= 11 is 7.41. The second-order valence-corrected chi connectivity index (χ2v) is 7.04. The molecule has 1 amide bonds. The van der Waals surface area contributed by atoms with Crippen molar-refractivity contribution in [2.75, 3.05) is 5.32 Å². The summed E-state index contributed by atoms with van der Waals surface area (Å²) in [5.41, 5.74) is 1.44. The number of hydrogen-bond acceptors (Lipinski definition) is 7. The van der Waals surface area contributed by atoms with Crippen molar-refractivity contribution < 1.29 is 9.72 Å². The lowest BCUT2D eigenvalue weighted by Gasteiger charge is -2.06. The molecule has 0 spiro atoms. The summed E-state index contributed by atoms with van der Waals surface area (Å²) in [5.74, 6) is -0.515. The molecule has 2 aromatic heterocycles. The number of nitro groups is 1. The van der Waals surface area contributed by atoms with Gasteiger partial charge in [-0.05, 0) is 18.2 Å². The lowest BCUT2D eigenvalue weighted by molar-refractivity contribution is -0.384. The third kappa shape index (κ3) is 3.84. The van der Waals surface area contributed by atoms with Crippen molar-refractivity contribution in [2.24, 2.45) is 0 Å². The summed E-state index contributed by atoms with van der Waals surface area (Å²) in [5, 5.41) is 20.7. The highest BCUT2D eigenvalue weighted by Gasteiger charge is 2.20. The van der Waals surface area contributed by atoms with Crippen LogP contribution in [-0.2, 0) is 0 Å². The highest BCUT2D eigenvalue weighted by atomic mass is 35.5.